The topological polar surface area (TPSA) is 158 Å². The van der Waals surface area contributed by atoms with Crippen molar-refractivity contribution in [3.05, 3.63) is 80.9 Å². The molecule has 2 aromatic heterocycles. The molecule has 15 heteroatoms. The van der Waals surface area contributed by atoms with Gasteiger partial charge in [0.25, 0.3) is 11.8 Å². The Labute approximate surface area is 329 Å². The Hall–Kier alpha value is -4.27. The average molecular weight is 790 g/mol. The summed E-state index contributed by atoms with van der Waals surface area (Å²) in [5, 5.41) is 25.6. The first kappa shape index (κ1) is 37.6. The second kappa shape index (κ2) is 14.7. The summed E-state index contributed by atoms with van der Waals surface area (Å²) in [5.41, 5.74) is 5.31. The standard InChI is InChI=1S/C40H46Cl2N8O5/c1-47-30-9-16-49(18-15-39-11-13-40(23-39,14-12-39)38(54)55)21-28(30)43-34(47)36(52)45-26-7-3-5-24(32(26)41)25-6-4-8-27(33(25)42)46-37(53)35-44-29-22-50(19-20-51)17-10-31(29)48(35)2/h3-8,51H,9-23H2,1-2H3,(H,45,52)(H,46,53)(H,54,55). The van der Waals surface area contributed by atoms with Gasteiger partial charge in [-0.1, -0.05) is 47.5 Å². The molecule has 0 unspecified atom stereocenters. The van der Waals surface area contributed by atoms with Gasteiger partial charge in [0, 0.05) is 82.2 Å². The second-order valence-corrected chi connectivity index (χ2v) is 16.6. The van der Waals surface area contributed by atoms with Crippen LogP contribution >= 0.6 is 23.2 Å². The largest absolute Gasteiger partial charge is 0.481 e. The zero-order valence-electron chi connectivity index (χ0n) is 31.1. The lowest BCUT2D eigenvalue weighted by atomic mass is 9.80. The zero-order chi connectivity index (χ0) is 38.6. The number of nitrogens with zero attached hydrogens (tertiary/aromatic N) is 6. The van der Waals surface area contributed by atoms with E-state index >= 15 is 0 Å². The molecule has 4 aliphatic rings. The summed E-state index contributed by atoms with van der Waals surface area (Å²) in [7, 11) is 3.69. The van der Waals surface area contributed by atoms with Gasteiger partial charge in [-0.05, 0) is 62.6 Å². The summed E-state index contributed by atoms with van der Waals surface area (Å²) in [6.07, 6.45) is 6.84. The number of nitrogens with one attached hydrogen (secondary N) is 2. The number of imidazole rings is 2. The highest BCUT2D eigenvalue weighted by Gasteiger charge is 2.57. The number of carbonyl (C=O) groups is 3. The van der Waals surface area contributed by atoms with Crippen molar-refractivity contribution >= 4 is 52.4 Å². The number of halogens is 2. The number of anilines is 2. The lowest BCUT2D eigenvalue weighted by Crippen LogP contribution is -2.34. The van der Waals surface area contributed by atoms with Crippen molar-refractivity contribution in [1.29, 1.82) is 0 Å². The molecule has 8 rings (SSSR count). The number of carboxylic acid groups (broad SMARTS) is 1. The van der Waals surface area contributed by atoms with Gasteiger partial charge >= 0.3 is 5.97 Å². The van der Waals surface area contributed by atoms with Crippen molar-refractivity contribution < 1.29 is 24.6 Å². The molecule has 2 saturated carbocycles. The first-order valence-electron chi connectivity index (χ1n) is 19.0. The average Bonchev–Trinajstić information content (AvgIpc) is 3.93. The summed E-state index contributed by atoms with van der Waals surface area (Å²) in [6, 6.07) is 10.6. The number of rotatable bonds is 11. The molecule has 2 amide bonds. The fourth-order valence-electron chi connectivity index (χ4n) is 9.48. The molecule has 0 atom stereocenters. The van der Waals surface area contributed by atoms with Gasteiger partial charge in [-0.25, -0.2) is 9.97 Å². The Kier molecular flexibility index (Phi) is 10.0. The molecule has 2 bridgehead atoms. The maximum atomic E-state index is 13.7. The molecule has 0 radical (unpaired) electrons. The second-order valence-electron chi connectivity index (χ2n) is 15.8. The van der Waals surface area contributed by atoms with E-state index in [1.807, 2.05) is 29.3 Å². The Morgan fingerprint density at radius 3 is 1.71 bits per heavy atom. The highest BCUT2D eigenvalue weighted by molar-refractivity contribution is 6.40. The quantitative estimate of drug-likeness (QED) is 0.148. The van der Waals surface area contributed by atoms with Crippen LogP contribution in [-0.2, 0) is 44.8 Å². The van der Waals surface area contributed by atoms with E-state index in [0.717, 1.165) is 93.8 Å². The number of fused-ring (bicyclic) bond motifs is 4. The Morgan fingerprint density at radius 1 is 0.764 bits per heavy atom. The smallest absolute Gasteiger partial charge is 0.309 e. The summed E-state index contributed by atoms with van der Waals surface area (Å²) in [5.74, 6) is -0.840. The van der Waals surface area contributed by atoms with E-state index in [1.165, 1.54) is 0 Å². The molecule has 4 heterocycles. The van der Waals surface area contributed by atoms with Crippen LogP contribution in [0.4, 0.5) is 11.4 Å². The summed E-state index contributed by atoms with van der Waals surface area (Å²) in [6.45, 7) is 4.36. The van der Waals surface area contributed by atoms with Crippen molar-refractivity contribution in [2.75, 3.05) is 43.4 Å². The van der Waals surface area contributed by atoms with Gasteiger partial charge < -0.3 is 30.0 Å². The molecular weight excluding hydrogens is 743 g/mol. The van der Waals surface area contributed by atoms with E-state index in [9.17, 15) is 24.6 Å². The van der Waals surface area contributed by atoms with Crippen LogP contribution in [0.15, 0.2) is 36.4 Å². The number of carbonyl (C=O) groups excluding carboxylic acids is 2. The first-order valence-corrected chi connectivity index (χ1v) is 19.7. The number of carboxylic acids is 1. The Bertz CT molecular complexity index is 2190. The number of hydrogen-bond donors (Lipinski definition) is 4. The number of aromatic nitrogens is 4. The minimum atomic E-state index is -0.631. The van der Waals surface area contributed by atoms with Gasteiger partial charge in [0.15, 0.2) is 11.6 Å². The lowest BCUT2D eigenvalue weighted by molar-refractivity contribution is -0.148. The molecule has 0 saturated heterocycles. The third kappa shape index (κ3) is 6.84. The van der Waals surface area contributed by atoms with Crippen LogP contribution in [-0.4, -0.2) is 89.7 Å². The summed E-state index contributed by atoms with van der Waals surface area (Å²) < 4.78 is 3.68. The van der Waals surface area contributed by atoms with Crippen LogP contribution < -0.4 is 10.6 Å². The molecule has 55 heavy (non-hydrogen) atoms. The van der Waals surface area contributed by atoms with Gasteiger partial charge in [-0.3, -0.25) is 24.2 Å². The van der Waals surface area contributed by atoms with E-state index in [2.05, 4.69) is 25.4 Å². The molecule has 2 aliphatic heterocycles. The molecule has 13 nitrogen and oxygen atoms in total. The number of hydrogen-bond acceptors (Lipinski definition) is 8. The van der Waals surface area contributed by atoms with Gasteiger partial charge in [-0.15, -0.1) is 0 Å². The first-order chi connectivity index (χ1) is 26.4. The van der Waals surface area contributed by atoms with Gasteiger partial charge in [0.1, 0.15) is 0 Å². The number of benzene rings is 2. The molecule has 0 spiro atoms. The predicted molar refractivity (Wildman–Crippen MR) is 209 cm³/mol. The predicted octanol–water partition coefficient (Wildman–Crippen LogP) is 5.77. The van der Waals surface area contributed by atoms with E-state index in [1.54, 1.807) is 30.3 Å². The molecule has 290 valence electrons. The van der Waals surface area contributed by atoms with Crippen LogP contribution in [0, 0.1) is 10.8 Å². The van der Waals surface area contributed by atoms with Crippen LogP contribution in [0.2, 0.25) is 10.0 Å². The van der Waals surface area contributed by atoms with E-state index in [-0.39, 0.29) is 28.8 Å². The monoisotopic (exact) mass is 788 g/mol. The van der Waals surface area contributed by atoms with Crippen LogP contribution in [0.25, 0.3) is 11.1 Å². The molecule has 4 N–H and O–H groups in total. The van der Waals surface area contributed by atoms with Gasteiger partial charge in [0.05, 0.1) is 44.8 Å². The van der Waals surface area contributed by atoms with E-state index in [0.29, 0.717) is 53.0 Å². The number of aliphatic hydroxyl groups excluding tert-OH is 1. The molecule has 4 aromatic rings. The van der Waals surface area contributed by atoms with Crippen LogP contribution in [0.5, 0.6) is 0 Å². The minimum Gasteiger partial charge on any atom is -0.481 e. The third-order valence-electron chi connectivity index (χ3n) is 12.7. The van der Waals surface area contributed by atoms with E-state index in [4.69, 9.17) is 28.2 Å². The number of aliphatic hydroxyl groups is 1. The van der Waals surface area contributed by atoms with Crippen molar-refractivity contribution in [1.82, 2.24) is 28.9 Å². The number of amides is 2. The lowest BCUT2D eigenvalue weighted by Gasteiger charge is -2.32. The highest BCUT2D eigenvalue weighted by atomic mass is 35.5. The zero-order valence-corrected chi connectivity index (χ0v) is 32.6. The maximum Gasteiger partial charge on any atom is 0.309 e. The van der Waals surface area contributed by atoms with Gasteiger partial charge in [-0.2, -0.15) is 0 Å². The van der Waals surface area contributed by atoms with E-state index < -0.39 is 17.3 Å². The Balaban J connectivity index is 0.942. The van der Waals surface area contributed by atoms with Crippen LogP contribution in [0.1, 0.15) is 82.5 Å². The third-order valence-corrected chi connectivity index (χ3v) is 13.5. The minimum absolute atomic E-state index is 0.0664. The fourth-order valence-corrected chi connectivity index (χ4v) is 10.0. The SMILES string of the molecule is Cn1c(C(=O)Nc2cccc(-c3cccc(NC(=O)c4nc5c(n4C)CCN(CCC46CCC(C(=O)O)(CC4)C6)C5)c3Cl)c2Cl)nc2c1CCN(CCO)C2. The fraction of sp³-hybridized carbons (Fsp3) is 0.475. The molecule has 2 aromatic carbocycles. The highest BCUT2D eigenvalue weighted by Crippen LogP contribution is 2.63. The van der Waals surface area contributed by atoms with Gasteiger partial charge in [0.2, 0.25) is 0 Å². The van der Waals surface area contributed by atoms with Crippen molar-refractivity contribution in [2.24, 2.45) is 24.9 Å². The molecular formula is C40H46Cl2N8O5. The number of β-amino-alcohol motifs (C(OH)–C–C–N with tert-alkyl or cyclic N) is 1. The molecule has 2 fully saturated rings. The number of aliphatic carboxylic acids is 1. The van der Waals surface area contributed by atoms with Crippen molar-refractivity contribution in [3.8, 4) is 11.1 Å². The van der Waals surface area contributed by atoms with Crippen LogP contribution in [0.3, 0.4) is 0 Å². The maximum absolute atomic E-state index is 13.7. The van der Waals surface area contributed by atoms with Crippen molar-refractivity contribution in [3.63, 3.8) is 0 Å². The Morgan fingerprint density at radius 2 is 1.25 bits per heavy atom. The van der Waals surface area contributed by atoms with Crippen molar-refractivity contribution in [2.45, 2.75) is 64.5 Å². The summed E-state index contributed by atoms with van der Waals surface area (Å²) >= 11 is 13.9. The normalized spacial score (nSPS) is 22.1. The molecule has 2 aliphatic carbocycles. The summed E-state index contributed by atoms with van der Waals surface area (Å²) in [4.78, 5) is 53.1.